The molecular formula is C12H13NO2S. The number of benzene rings is 1. The highest BCUT2D eigenvalue weighted by atomic mass is 32.1. The van der Waals surface area contributed by atoms with Crippen molar-refractivity contribution in [2.45, 2.75) is 31.2 Å². The Balaban J connectivity index is 2.28. The smallest absolute Gasteiger partial charge is 0.396 e. The molecule has 1 unspecified atom stereocenters. The molecule has 84 valence electrons. The van der Waals surface area contributed by atoms with E-state index in [1.54, 1.807) is 0 Å². The van der Waals surface area contributed by atoms with Crippen LogP contribution in [0.15, 0.2) is 27.4 Å². The zero-order valence-corrected chi connectivity index (χ0v) is 9.84. The summed E-state index contributed by atoms with van der Waals surface area (Å²) in [6.45, 7) is 2.02. The maximum Gasteiger partial charge on any atom is 0.396 e. The third-order valence-electron chi connectivity index (χ3n) is 3.55. The van der Waals surface area contributed by atoms with Gasteiger partial charge < -0.3 is 10.2 Å². The predicted molar refractivity (Wildman–Crippen MR) is 64.9 cm³/mol. The van der Waals surface area contributed by atoms with Gasteiger partial charge in [0.2, 0.25) is 0 Å². The molecule has 2 N–H and O–H groups in total. The van der Waals surface area contributed by atoms with Crippen molar-refractivity contribution >= 4 is 21.6 Å². The van der Waals surface area contributed by atoms with Crippen LogP contribution in [0.25, 0.3) is 10.3 Å². The topological polar surface area (TPSA) is 56.2 Å². The molecule has 0 spiro atoms. The Morgan fingerprint density at radius 2 is 2.25 bits per heavy atom. The van der Waals surface area contributed by atoms with Gasteiger partial charge in [0.25, 0.3) is 0 Å². The van der Waals surface area contributed by atoms with Crippen molar-refractivity contribution in [3.63, 3.8) is 0 Å². The minimum atomic E-state index is -0.233. The van der Waals surface area contributed by atoms with Gasteiger partial charge in [0.05, 0.1) is 4.70 Å². The fourth-order valence-corrected chi connectivity index (χ4v) is 3.09. The average molecular weight is 235 g/mol. The van der Waals surface area contributed by atoms with Crippen LogP contribution >= 0.6 is 11.3 Å². The van der Waals surface area contributed by atoms with E-state index in [0.29, 0.717) is 0 Å². The molecule has 1 aromatic carbocycles. The van der Waals surface area contributed by atoms with Gasteiger partial charge in [0.1, 0.15) is 0 Å². The van der Waals surface area contributed by atoms with Gasteiger partial charge in [-0.05, 0) is 25.8 Å². The second kappa shape index (κ2) is 3.18. The summed E-state index contributed by atoms with van der Waals surface area (Å²) >= 11 is 1.16. The molecule has 0 aliphatic heterocycles. The first-order valence-electron chi connectivity index (χ1n) is 5.42. The van der Waals surface area contributed by atoms with Crippen LogP contribution in [0, 0.1) is 0 Å². The van der Waals surface area contributed by atoms with E-state index in [1.165, 1.54) is 0 Å². The van der Waals surface area contributed by atoms with Crippen molar-refractivity contribution in [3.05, 3.63) is 33.5 Å². The second-order valence-electron chi connectivity index (χ2n) is 4.53. The van der Waals surface area contributed by atoms with E-state index in [-0.39, 0.29) is 16.4 Å². The molecule has 2 aromatic rings. The number of hydrogen-bond donors (Lipinski definition) is 1. The van der Waals surface area contributed by atoms with Crippen molar-refractivity contribution in [2.24, 2.45) is 5.73 Å². The first kappa shape index (κ1) is 10.1. The van der Waals surface area contributed by atoms with E-state index < -0.39 is 0 Å². The van der Waals surface area contributed by atoms with Crippen molar-refractivity contribution < 1.29 is 4.42 Å². The lowest BCUT2D eigenvalue weighted by molar-refractivity contribution is 0.532. The summed E-state index contributed by atoms with van der Waals surface area (Å²) in [5, 5.41) is 0. The lowest BCUT2D eigenvalue weighted by Gasteiger charge is -2.19. The van der Waals surface area contributed by atoms with Crippen LogP contribution in [0.2, 0.25) is 0 Å². The Morgan fingerprint density at radius 3 is 2.88 bits per heavy atom. The van der Waals surface area contributed by atoms with Gasteiger partial charge in [-0.1, -0.05) is 23.5 Å². The maximum atomic E-state index is 11.3. The summed E-state index contributed by atoms with van der Waals surface area (Å²) in [6, 6.07) is 6.04. The lowest BCUT2D eigenvalue weighted by Crippen LogP contribution is -2.31. The third-order valence-corrected chi connectivity index (χ3v) is 4.35. The number of hydrogen-bond acceptors (Lipinski definition) is 4. The van der Waals surface area contributed by atoms with E-state index in [9.17, 15) is 4.79 Å². The fourth-order valence-electron chi connectivity index (χ4n) is 2.39. The van der Waals surface area contributed by atoms with Crippen LogP contribution in [0.5, 0.6) is 0 Å². The van der Waals surface area contributed by atoms with Gasteiger partial charge in [-0.25, -0.2) is 4.79 Å². The normalized spacial score (nSPS) is 19.9. The first-order valence-corrected chi connectivity index (χ1v) is 6.24. The minimum absolute atomic E-state index is 0.0382. The highest BCUT2D eigenvalue weighted by Gasteiger charge is 2.49. The van der Waals surface area contributed by atoms with Gasteiger partial charge in [0, 0.05) is 17.0 Å². The van der Waals surface area contributed by atoms with Crippen LogP contribution in [-0.2, 0) is 5.41 Å². The molecular weight excluding hydrogens is 222 g/mol. The quantitative estimate of drug-likeness (QED) is 0.868. The lowest BCUT2D eigenvalue weighted by atomic mass is 9.89. The molecule has 1 aliphatic rings. The standard InChI is InChI=1S/C12H13NO2S/c1-7(13)12(5-6-12)8-3-2-4-9-10(8)15-11(14)16-9/h2-4,7H,5-6,13H2,1H3. The highest BCUT2D eigenvalue weighted by Crippen LogP contribution is 2.52. The van der Waals surface area contributed by atoms with Crippen LogP contribution in [0.1, 0.15) is 25.3 Å². The zero-order chi connectivity index (χ0) is 11.3. The molecule has 1 aromatic heterocycles. The highest BCUT2D eigenvalue weighted by molar-refractivity contribution is 7.16. The van der Waals surface area contributed by atoms with Crippen molar-refractivity contribution in [2.75, 3.05) is 0 Å². The van der Waals surface area contributed by atoms with Crippen LogP contribution in [0.4, 0.5) is 0 Å². The van der Waals surface area contributed by atoms with Crippen LogP contribution in [-0.4, -0.2) is 6.04 Å². The molecule has 1 heterocycles. The third kappa shape index (κ3) is 1.26. The van der Waals surface area contributed by atoms with E-state index in [1.807, 2.05) is 25.1 Å². The van der Waals surface area contributed by atoms with Crippen molar-refractivity contribution in [1.82, 2.24) is 0 Å². The number of fused-ring (bicyclic) bond motifs is 1. The van der Waals surface area contributed by atoms with Gasteiger partial charge in [-0.3, -0.25) is 0 Å². The maximum absolute atomic E-state index is 11.3. The Kier molecular flexibility index (Phi) is 2.00. The molecule has 4 heteroatoms. The Labute approximate surface area is 96.9 Å². The molecule has 3 nitrogen and oxygen atoms in total. The summed E-state index contributed by atoms with van der Waals surface area (Å²) in [7, 11) is 0. The van der Waals surface area contributed by atoms with E-state index in [2.05, 4.69) is 0 Å². The molecule has 0 saturated heterocycles. The molecule has 1 fully saturated rings. The second-order valence-corrected chi connectivity index (χ2v) is 5.51. The number of para-hydroxylation sites is 1. The molecule has 0 bridgehead atoms. The number of nitrogens with two attached hydrogens (primary N) is 1. The van der Waals surface area contributed by atoms with E-state index >= 15 is 0 Å². The summed E-state index contributed by atoms with van der Waals surface area (Å²) < 4.78 is 6.21. The molecule has 0 amide bonds. The average Bonchev–Trinajstić information content (AvgIpc) is 2.94. The Hall–Kier alpha value is -1.13. The first-order chi connectivity index (χ1) is 7.63. The molecule has 3 rings (SSSR count). The molecule has 1 aliphatic carbocycles. The van der Waals surface area contributed by atoms with Crippen molar-refractivity contribution in [3.8, 4) is 0 Å². The summed E-state index contributed by atoms with van der Waals surface area (Å²) in [6.07, 6.45) is 2.17. The monoisotopic (exact) mass is 235 g/mol. The van der Waals surface area contributed by atoms with Gasteiger partial charge in [-0.15, -0.1) is 0 Å². The SMILES string of the molecule is CC(N)C1(c2cccc3sc(=O)oc23)CC1. The Morgan fingerprint density at radius 1 is 1.50 bits per heavy atom. The molecule has 1 atom stereocenters. The largest absolute Gasteiger partial charge is 0.414 e. The summed E-state index contributed by atoms with van der Waals surface area (Å²) in [5.41, 5.74) is 7.94. The molecule has 0 radical (unpaired) electrons. The summed E-state index contributed by atoms with van der Waals surface area (Å²) in [4.78, 5) is 11.0. The molecule has 16 heavy (non-hydrogen) atoms. The minimum Gasteiger partial charge on any atom is -0.414 e. The van der Waals surface area contributed by atoms with Crippen molar-refractivity contribution in [1.29, 1.82) is 0 Å². The van der Waals surface area contributed by atoms with Crippen LogP contribution < -0.4 is 10.7 Å². The number of rotatable bonds is 2. The van der Waals surface area contributed by atoms with Crippen LogP contribution in [0.3, 0.4) is 0 Å². The Bertz CT molecular complexity index is 592. The predicted octanol–water partition coefficient (Wildman–Crippen LogP) is 2.23. The fraction of sp³-hybridized carbons (Fsp3) is 0.417. The summed E-state index contributed by atoms with van der Waals surface area (Å²) in [5.74, 6) is 0. The van der Waals surface area contributed by atoms with Gasteiger partial charge >= 0.3 is 4.94 Å². The zero-order valence-electron chi connectivity index (χ0n) is 9.03. The van der Waals surface area contributed by atoms with Gasteiger partial charge in [0.15, 0.2) is 5.58 Å². The molecule has 1 saturated carbocycles. The van der Waals surface area contributed by atoms with E-state index in [4.69, 9.17) is 10.2 Å². The van der Waals surface area contributed by atoms with E-state index in [0.717, 1.165) is 40.0 Å². The van der Waals surface area contributed by atoms with Gasteiger partial charge in [-0.2, -0.15) is 0 Å².